The van der Waals surface area contributed by atoms with Gasteiger partial charge in [0.05, 0.1) is 13.2 Å². The molecule has 1 aliphatic rings. The summed E-state index contributed by atoms with van der Waals surface area (Å²) in [7, 11) is 1.66. The predicted molar refractivity (Wildman–Crippen MR) is 32.1 cm³/mol. The molecule has 0 radical (unpaired) electrons. The van der Waals surface area contributed by atoms with Gasteiger partial charge in [0.25, 0.3) is 0 Å². The number of aliphatic imine (C=N–C) groups is 1. The van der Waals surface area contributed by atoms with Gasteiger partial charge in [-0.05, 0) is 7.05 Å². The summed E-state index contributed by atoms with van der Waals surface area (Å²) in [6.45, 7) is 0.394. The highest BCUT2D eigenvalue weighted by molar-refractivity contribution is 5.79. The quantitative estimate of drug-likeness (QED) is 0.535. The van der Waals surface area contributed by atoms with E-state index in [4.69, 9.17) is 0 Å². The van der Waals surface area contributed by atoms with Gasteiger partial charge < -0.3 is 4.74 Å². The number of hydrogen-bond donors (Lipinski definition) is 0. The second kappa shape index (κ2) is 2.69. The zero-order valence-corrected chi connectivity index (χ0v) is 5.85. The number of halogens is 3. The average molecular weight is 168 g/mol. The van der Waals surface area contributed by atoms with Crippen LogP contribution in [0.3, 0.4) is 0 Å². The van der Waals surface area contributed by atoms with Crippen molar-refractivity contribution in [3.8, 4) is 0 Å². The first-order chi connectivity index (χ1) is 4.97. The van der Waals surface area contributed by atoms with E-state index >= 15 is 0 Å². The smallest absolute Gasteiger partial charge is 0.391 e. The van der Waals surface area contributed by atoms with E-state index in [0.29, 0.717) is 0 Å². The third-order valence-corrected chi connectivity index (χ3v) is 1.13. The number of hydrogen-bond acceptors (Lipinski definition) is 3. The molecule has 64 valence electrons. The van der Waals surface area contributed by atoms with Crippen LogP contribution in [-0.2, 0) is 4.74 Å². The van der Waals surface area contributed by atoms with E-state index in [-0.39, 0.29) is 19.1 Å². The normalized spacial score (nSPS) is 20.2. The molecule has 0 aromatic rings. The monoisotopic (exact) mass is 168 g/mol. The Bertz CT molecular complexity index is 177. The lowest BCUT2D eigenvalue weighted by Gasteiger charge is -2.08. The third-order valence-electron chi connectivity index (χ3n) is 1.13. The summed E-state index contributed by atoms with van der Waals surface area (Å²) < 4.78 is 38.1. The van der Waals surface area contributed by atoms with Crippen molar-refractivity contribution in [2.45, 2.75) is 6.36 Å². The largest absolute Gasteiger partial charge is 0.574 e. The molecular weight excluding hydrogens is 161 g/mol. The van der Waals surface area contributed by atoms with Crippen LogP contribution in [0.25, 0.3) is 0 Å². The van der Waals surface area contributed by atoms with Crippen LogP contribution < -0.4 is 0 Å². The Kier molecular flexibility index (Phi) is 2.03. The van der Waals surface area contributed by atoms with Crippen molar-refractivity contribution in [3.05, 3.63) is 0 Å². The van der Waals surface area contributed by atoms with Gasteiger partial charge in [-0.2, -0.15) is 0 Å². The third kappa shape index (κ3) is 2.75. The Morgan fingerprint density at radius 2 is 2.18 bits per heavy atom. The summed E-state index contributed by atoms with van der Waals surface area (Å²) >= 11 is 0. The fourth-order valence-electron chi connectivity index (χ4n) is 0.729. The van der Waals surface area contributed by atoms with E-state index in [0.717, 1.165) is 0 Å². The minimum atomic E-state index is -4.61. The summed E-state index contributed by atoms with van der Waals surface area (Å²) in [5.74, 6) is -0.264. The summed E-state index contributed by atoms with van der Waals surface area (Å²) in [5.41, 5.74) is 0. The van der Waals surface area contributed by atoms with Crippen LogP contribution in [0.2, 0.25) is 0 Å². The number of alkyl halides is 3. The Balaban J connectivity index is 2.40. The van der Waals surface area contributed by atoms with Gasteiger partial charge in [0, 0.05) is 0 Å². The Labute approximate surface area is 61.5 Å². The first-order valence-corrected chi connectivity index (χ1v) is 2.95. The fourth-order valence-corrected chi connectivity index (χ4v) is 0.729. The van der Waals surface area contributed by atoms with Gasteiger partial charge in [-0.25, -0.2) is 4.99 Å². The SMILES string of the molecule is CN1CN=C(OC(F)(F)F)C1. The minimum Gasteiger partial charge on any atom is -0.391 e. The van der Waals surface area contributed by atoms with E-state index in [9.17, 15) is 13.2 Å². The summed E-state index contributed by atoms with van der Waals surface area (Å²) in [6.07, 6.45) is -4.61. The van der Waals surface area contributed by atoms with E-state index in [1.54, 1.807) is 11.9 Å². The van der Waals surface area contributed by atoms with Gasteiger partial charge in [-0.1, -0.05) is 0 Å². The standard InChI is InChI=1S/C5H7F3N2O/c1-10-2-4(9-3-10)11-5(6,7)8/h2-3H2,1H3. The molecule has 0 aromatic heterocycles. The molecule has 0 N–H and O–H groups in total. The highest BCUT2D eigenvalue weighted by Crippen LogP contribution is 2.18. The fraction of sp³-hybridized carbons (Fsp3) is 0.800. The molecule has 0 unspecified atom stereocenters. The lowest BCUT2D eigenvalue weighted by molar-refractivity contribution is -0.283. The number of ether oxygens (including phenoxy) is 1. The van der Waals surface area contributed by atoms with E-state index < -0.39 is 6.36 Å². The maximum Gasteiger partial charge on any atom is 0.574 e. The van der Waals surface area contributed by atoms with Gasteiger partial charge >= 0.3 is 6.36 Å². The molecule has 1 heterocycles. The number of likely N-dealkylation sites (N-methyl/N-ethyl adjacent to an activating group) is 1. The van der Waals surface area contributed by atoms with Gasteiger partial charge in [0.1, 0.15) is 0 Å². The first kappa shape index (κ1) is 8.32. The van der Waals surface area contributed by atoms with Crippen molar-refractivity contribution in [1.29, 1.82) is 0 Å². The lowest BCUT2D eigenvalue weighted by Crippen LogP contribution is -2.24. The van der Waals surface area contributed by atoms with Crippen LogP contribution in [0.5, 0.6) is 0 Å². The molecule has 0 bridgehead atoms. The van der Waals surface area contributed by atoms with Crippen molar-refractivity contribution in [2.24, 2.45) is 4.99 Å². The average Bonchev–Trinajstić information content (AvgIpc) is 2.10. The number of rotatable bonds is 0. The van der Waals surface area contributed by atoms with Crippen molar-refractivity contribution < 1.29 is 17.9 Å². The van der Waals surface area contributed by atoms with Gasteiger partial charge in [-0.3, -0.25) is 4.90 Å². The zero-order valence-electron chi connectivity index (χ0n) is 5.85. The van der Waals surface area contributed by atoms with Crippen LogP contribution in [0, 0.1) is 0 Å². The van der Waals surface area contributed by atoms with Crippen molar-refractivity contribution in [3.63, 3.8) is 0 Å². The van der Waals surface area contributed by atoms with Crippen LogP contribution >= 0.6 is 0 Å². The molecule has 0 aliphatic carbocycles. The van der Waals surface area contributed by atoms with Crippen LogP contribution in [0.4, 0.5) is 13.2 Å². The molecular formula is C5H7F3N2O. The second-order valence-electron chi connectivity index (χ2n) is 2.26. The Hall–Kier alpha value is -0.780. The van der Waals surface area contributed by atoms with Gasteiger partial charge in [0.2, 0.25) is 5.90 Å². The molecule has 0 aromatic carbocycles. The molecule has 0 spiro atoms. The second-order valence-corrected chi connectivity index (χ2v) is 2.26. The van der Waals surface area contributed by atoms with Crippen LogP contribution in [-0.4, -0.2) is 37.4 Å². The highest BCUT2D eigenvalue weighted by Gasteiger charge is 2.34. The maximum atomic E-state index is 11.5. The molecule has 0 saturated carbocycles. The Morgan fingerprint density at radius 1 is 1.55 bits per heavy atom. The molecule has 0 fully saturated rings. The summed E-state index contributed by atoms with van der Waals surface area (Å²) in [6, 6.07) is 0. The molecule has 6 heteroatoms. The molecule has 0 amide bonds. The minimum absolute atomic E-state index is 0.125. The predicted octanol–water partition coefficient (Wildman–Crippen LogP) is 0.824. The van der Waals surface area contributed by atoms with Gasteiger partial charge in [0.15, 0.2) is 0 Å². The molecule has 0 saturated heterocycles. The van der Waals surface area contributed by atoms with E-state index in [2.05, 4.69) is 9.73 Å². The van der Waals surface area contributed by atoms with Crippen molar-refractivity contribution >= 4 is 5.90 Å². The maximum absolute atomic E-state index is 11.5. The summed E-state index contributed by atoms with van der Waals surface area (Å²) in [4.78, 5) is 5.11. The van der Waals surface area contributed by atoms with Gasteiger partial charge in [-0.15, -0.1) is 13.2 Å². The van der Waals surface area contributed by atoms with E-state index in [1.165, 1.54) is 0 Å². The first-order valence-electron chi connectivity index (χ1n) is 2.95. The molecule has 3 nitrogen and oxygen atoms in total. The molecule has 0 atom stereocenters. The number of nitrogens with zero attached hydrogens (tertiary/aromatic N) is 2. The highest BCUT2D eigenvalue weighted by atomic mass is 19.4. The van der Waals surface area contributed by atoms with Crippen molar-refractivity contribution in [1.82, 2.24) is 4.90 Å². The summed E-state index contributed by atoms with van der Waals surface area (Å²) in [5, 5.41) is 0. The zero-order chi connectivity index (χ0) is 8.48. The van der Waals surface area contributed by atoms with E-state index in [1.807, 2.05) is 0 Å². The molecule has 11 heavy (non-hydrogen) atoms. The lowest BCUT2D eigenvalue weighted by atomic mass is 10.6. The molecule has 1 rings (SSSR count). The topological polar surface area (TPSA) is 24.8 Å². The Morgan fingerprint density at radius 3 is 2.55 bits per heavy atom. The van der Waals surface area contributed by atoms with Crippen molar-refractivity contribution in [2.75, 3.05) is 20.3 Å². The molecule has 1 aliphatic heterocycles. The van der Waals surface area contributed by atoms with Crippen LogP contribution in [0.1, 0.15) is 0 Å². The van der Waals surface area contributed by atoms with Crippen LogP contribution in [0.15, 0.2) is 4.99 Å².